The van der Waals surface area contributed by atoms with E-state index in [1.54, 1.807) is 35.2 Å². The molecule has 0 aliphatic carbocycles. The number of Topliss-reactive ketones (excluding diaryl/α,β-unsaturated/α-hetero) is 1. The lowest BCUT2D eigenvalue weighted by Crippen LogP contribution is -2.29. The van der Waals surface area contributed by atoms with E-state index in [0.717, 1.165) is 59.1 Å². The summed E-state index contributed by atoms with van der Waals surface area (Å²) >= 11 is 1.37. The molecule has 1 aromatic carbocycles. The summed E-state index contributed by atoms with van der Waals surface area (Å²) in [5.41, 5.74) is 6.05. The second kappa shape index (κ2) is 11.0. The quantitative estimate of drug-likeness (QED) is 0.247. The number of imidazole rings is 2. The highest BCUT2D eigenvalue weighted by molar-refractivity contribution is 7.17. The van der Waals surface area contributed by atoms with Crippen LogP contribution in [0.25, 0.3) is 38.9 Å². The standard InChI is InChI=1S/C31H27FN8OS/c1-19-30(42-31(36-19)21-3-2-12-34-16-21)26(41)15-23-17-40-27(37-23)9-8-25(38-40)29-28(20-4-6-22(32)7-5-20)35-18-39(29)24-10-13-33-14-11-24/h2-9,12,16-18,24,33H,10-11,13-15H2,1H3. The lowest BCUT2D eigenvalue weighted by atomic mass is 10.0. The van der Waals surface area contributed by atoms with Crippen molar-refractivity contribution in [3.63, 3.8) is 0 Å². The van der Waals surface area contributed by atoms with E-state index in [4.69, 9.17) is 10.1 Å². The largest absolute Gasteiger partial charge is 0.326 e. The Balaban J connectivity index is 1.21. The van der Waals surface area contributed by atoms with Gasteiger partial charge in [0.2, 0.25) is 0 Å². The number of rotatable bonds is 7. The van der Waals surface area contributed by atoms with E-state index in [9.17, 15) is 9.18 Å². The highest BCUT2D eigenvalue weighted by Crippen LogP contribution is 2.35. The number of pyridine rings is 1. The van der Waals surface area contributed by atoms with Crippen molar-refractivity contribution >= 4 is 22.8 Å². The topological polar surface area (TPSA) is 103 Å². The first-order valence-corrected chi connectivity index (χ1v) is 14.7. The van der Waals surface area contributed by atoms with E-state index in [2.05, 4.69) is 24.8 Å². The van der Waals surface area contributed by atoms with Crippen LogP contribution in [0.3, 0.4) is 0 Å². The van der Waals surface area contributed by atoms with Gasteiger partial charge in [0, 0.05) is 29.6 Å². The van der Waals surface area contributed by atoms with Gasteiger partial charge in [0.05, 0.1) is 46.6 Å². The number of nitrogens with one attached hydrogen (secondary N) is 1. The van der Waals surface area contributed by atoms with Crippen LogP contribution in [0.5, 0.6) is 0 Å². The molecule has 0 radical (unpaired) electrons. The van der Waals surface area contributed by atoms with Crippen LogP contribution in [0.15, 0.2) is 73.4 Å². The molecule has 5 aromatic heterocycles. The molecule has 6 heterocycles. The van der Waals surface area contributed by atoms with Gasteiger partial charge < -0.3 is 9.88 Å². The summed E-state index contributed by atoms with van der Waals surface area (Å²) < 4.78 is 17.6. The zero-order chi connectivity index (χ0) is 28.6. The van der Waals surface area contributed by atoms with Crippen LogP contribution >= 0.6 is 11.3 Å². The molecule has 0 unspecified atom stereocenters. The SMILES string of the molecule is Cc1nc(-c2cccnc2)sc1C(=O)Cc1cn2nc(-c3c(-c4ccc(F)cc4)ncn3C3CCNCC3)ccc2n1. The zero-order valence-electron chi connectivity index (χ0n) is 22.9. The fourth-order valence-corrected chi connectivity index (χ4v) is 6.44. The van der Waals surface area contributed by atoms with E-state index in [1.807, 2.05) is 37.5 Å². The van der Waals surface area contributed by atoms with Crippen molar-refractivity contribution in [2.24, 2.45) is 0 Å². The smallest absolute Gasteiger partial charge is 0.180 e. The first-order valence-electron chi connectivity index (χ1n) is 13.8. The second-order valence-corrected chi connectivity index (χ2v) is 11.4. The van der Waals surface area contributed by atoms with E-state index in [-0.39, 0.29) is 24.1 Å². The first-order chi connectivity index (χ1) is 20.5. The average Bonchev–Trinajstić information content (AvgIpc) is 3.74. The number of carbonyl (C=O) groups excluding carboxylic acids is 1. The molecular formula is C31H27FN8OS. The second-order valence-electron chi connectivity index (χ2n) is 10.4. The minimum atomic E-state index is -0.292. The number of aryl methyl sites for hydroxylation is 1. The van der Waals surface area contributed by atoms with Crippen molar-refractivity contribution in [2.45, 2.75) is 32.2 Å². The van der Waals surface area contributed by atoms with Crippen molar-refractivity contribution in [2.75, 3.05) is 13.1 Å². The normalized spacial score (nSPS) is 14.0. The molecule has 11 heteroatoms. The number of piperidine rings is 1. The Kier molecular flexibility index (Phi) is 6.88. The van der Waals surface area contributed by atoms with Crippen molar-refractivity contribution in [1.29, 1.82) is 0 Å². The minimum Gasteiger partial charge on any atom is -0.326 e. The van der Waals surface area contributed by atoms with Gasteiger partial charge in [0.25, 0.3) is 0 Å². The third-order valence-corrected chi connectivity index (χ3v) is 8.77. The third-order valence-electron chi connectivity index (χ3n) is 7.53. The molecule has 1 saturated heterocycles. The number of ketones is 1. The van der Waals surface area contributed by atoms with Gasteiger partial charge in [-0.15, -0.1) is 11.3 Å². The van der Waals surface area contributed by atoms with Gasteiger partial charge in [-0.2, -0.15) is 5.10 Å². The van der Waals surface area contributed by atoms with Crippen LogP contribution in [-0.4, -0.2) is 53.0 Å². The zero-order valence-corrected chi connectivity index (χ0v) is 23.7. The highest BCUT2D eigenvalue weighted by atomic mass is 32.1. The molecule has 1 aliphatic rings. The minimum absolute atomic E-state index is 0.0358. The average molecular weight is 579 g/mol. The molecule has 0 amide bonds. The summed E-state index contributed by atoms with van der Waals surface area (Å²) in [5.74, 6) is -0.328. The van der Waals surface area contributed by atoms with E-state index >= 15 is 0 Å². The van der Waals surface area contributed by atoms with E-state index in [0.29, 0.717) is 21.9 Å². The van der Waals surface area contributed by atoms with Crippen LogP contribution in [0.4, 0.5) is 4.39 Å². The number of carbonyl (C=O) groups is 1. The molecule has 7 rings (SSSR count). The van der Waals surface area contributed by atoms with Crippen LogP contribution in [-0.2, 0) is 6.42 Å². The summed E-state index contributed by atoms with van der Waals surface area (Å²) in [7, 11) is 0. The third kappa shape index (κ3) is 5.01. The molecule has 0 bridgehead atoms. The molecule has 42 heavy (non-hydrogen) atoms. The van der Waals surface area contributed by atoms with Gasteiger partial charge in [-0.05, 0) is 81.4 Å². The number of aromatic nitrogens is 7. The molecule has 0 saturated carbocycles. The molecule has 0 atom stereocenters. The number of thiazole rings is 1. The van der Waals surface area contributed by atoms with E-state index < -0.39 is 0 Å². The first kappa shape index (κ1) is 26.3. The summed E-state index contributed by atoms with van der Waals surface area (Å²) in [6, 6.07) is 14.3. The number of hydrogen-bond donors (Lipinski definition) is 1. The molecule has 9 nitrogen and oxygen atoms in total. The Labute approximate surface area is 245 Å². The van der Waals surface area contributed by atoms with E-state index in [1.165, 1.54) is 23.5 Å². The molecule has 210 valence electrons. The monoisotopic (exact) mass is 578 g/mol. The van der Waals surface area contributed by atoms with Crippen LogP contribution in [0, 0.1) is 12.7 Å². The van der Waals surface area contributed by atoms with Gasteiger partial charge >= 0.3 is 0 Å². The predicted molar refractivity (Wildman–Crippen MR) is 159 cm³/mol. The van der Waals surface area contributed by atoms with Gasteiger partial charge in [-0.25, -0.2) is 23.9 Å². The van der Waals surface area contributed by atoms with Crippen LogP contribution < -0.4 is 5.32 Å². The van der Waals surface area contributed by atoms with Gasteiger partial charge in [0.15, 0.2) is 11.4 Å². The van der Waals surface area contributed by atoms with Crippen LogP contribution in [0.2, 0.25) is 0 Å². The van der Waals surface area contributed by atoms with Gasteiger partial charge in [0.1, 0.15) is 16.5 Å². The Hall–Kier alpha value is -4.61. The Bertz CT molecular complexity index is 1890. The molecule has 1 N–H and O–H groups in total. The van der Waals surface area contributed by atoms with Crippen LogP contribution in [0.1, 0.15) is 39.9 Å². The molecular weight excluding hydrogens is 551 g/mol. The maximum atomic E-state index is 13.7. The molecule has 1 fully saturated rings. The lowest BCUT2D eigenvalue weighted by Gasteiger charge is -2.25. The summed E-state index contributed by atoms with van der Waals surface area (Å²) in [6.45, 7) is 3.72. The summed E-state index contributed by atoms with van der Waals surface area (Å²) in [4.78, 5) is 32.1. The van der Waals surface area contributed by atoms with Crippen molar-refractivity contribution in [1.82, 2.24) is 39.4 Å². The Morgan fingerprint density at radius 2 is 1.90 bits per heavy atom. The fourth-order valence-electron chi connectivity index (χ4n) is 5.45. The maximum Gasteiger partial charge on any atom is 0.180 e. The van der Waals surface area contributed by atoms with Gasteiger partial charge in [-0.1, -0.05) is 0 Å². The van der Waals surface area contributed by atoms with Gasteiger partial charge in [-0.3, -0.25) is 9.78 Å². The Morgan fingerprint density at radius 1 is 1.07 bits per heavy atom. The number of fused-ring (bicyclic) bond motifs is 1. The predicted octanol–water partition coefficient (Wildman–Crippen LogP) is 5.58. The summed E-state index contributed by atoms with van der Waals surface area (Å²) in [6.07, 6.45) is 9.22. The number of hydrogen-bond acceptors (Lipinski definition) is 8. The van der Waals surface area contributed by atoms with Crippen molar-refractivity contribution < 1.29 is 9.18 Å². The molecule has 0 spiro atoms. The number of halogens is 1. The number of nitrogens with zero attached hydrogens (tertiary/aromatic N) is 7. The fraction of sp³-hybridized carbons (Fsp3) is 0.226. The molecule has 1 aliphatic heterocycles. The Morgan fingerprint density at radius 3 is 2.69 bits per heavy atom. The maximum absolute atomic E-state index is 13.7. The summed E-state index contributed by atoms with van der Waals surface area (Å²) in [5, 5.41) is 9.10. The molecule has 6 aromatic rings. The lowest BCUT2D eigenvalue weighted by molar-refractivity contribution is 0.0995. The van der Waals surface area contributed by atoms with Crippen molar-refractivity contribution in [3.8, 4) is 33.2 Å². The number of benzene rings is 1. The highest BCUT2D eigenvalue weighted by Gasteiger charge is 2.24. The van der Waals surface area contributed by atoms with Crippen molar-refractivity contribution in [3.05, 3.63) is 95.5 Å².